The van der Waals surface area contributed by atoms with E-state index in [4.69, 9.17) is 10.5 Å². The molecule has 0 saturated carbocycles. The molecule has 240 valence electrons. The number of hydrogen-bond donors (Lipinski definition) is 0. The number of hydrogen-bond acceptors (Lipinski definition) is 8. The van der Waals surface area contributed by atoms with Crippen LogP contribution in [0.5, 0.6) is 11.8 Å². The zero-order valence-electron chi connectivity index (χ0n) is 26.2. The maximum Gasteiger partial charge on any atom is 0.166 e. The fourth-order valence-corrected chi connectivity index (χ4v) is 4.28. The predicted octanol–water partition coefficient (Wildman–Crippen LogP) is 3.25. The van der Waals surface area contributed by atoms with Crippen LogP contribution < -0.4 is 20.7 Å². The second-order valence-corrected chi connectivity index (χ2v) is 12.3. The van der Waals surface area contributed by atoms with Crippen LogP contribution in [0, 0.1) is 24.7 Å². The average Bonchev–Trinajstić information content (AvgIpc) is 3.38. The zero-order chi connectivity index (χ0) is 31.8. The summed E-state index contributed by atoms with van der Waals surface area (Å²) in [5.41, 5.74) is 2.47. The quantitative estimate of drug-likeness (QED) is 0.128. The first-order chi connectivity index (χ1) is 19.6. The van der Waals surface area contributed by atoms with E-state index < -0.39 is 0 Å². The fourth-order valence-electron chi connectivity index (χ4n) is 4.28. The fraction of sp³-hybridized carbons (Fsp3) is 0.375. The van der Waals surface area contributed by atoms with Gasteiger partial charge in [0.2, 0.25) is 0 Å². The van der Waals surface area contributed by atoms with Crippen molar-refractivity contribution in [2.45, 2.75) is 68.2 Å². The molecule has 0 atom stereocenters. The van der Waals surface area contributed by atoms with Gasteiger partial charge in [-0.2, -0.15) is 10.2 Å². The van der Waals surface area contributed by atoms with Crippen molar-refractivity contribution in [1.82, 2.24) is 19.6 Å². The summed E-state index contributed by atoms with van der Waals surface area (Å²) in [6.07, 6.45) is 0.674. The smallest absolute Gasteiger partial charge is 0.166 e. The Morgan fingerprint density at radius 1 is 0.636 bits per heavy atom. The number of carbonyl (C=O) groups is 2. The van der Waals surface area contributed by atoms with Crippen molar-refractivity contribution in [3.8, 4) is 23.1 Å². The number of ketones is 2. The van der Waals surface area contributed by atoms with Gasteiger partial charge in [-0.3, -0.25) is 9.59 Å². The molecule has 0 aliphatic heterocycles. The van der Waals surface area contributed by atoms with Gasteiger partial charge in [0.1, 0.15) is 0 Å². The van der Waals surface area contributed by atoms with E-state index in [1.165, 1.54) is 9.36 Å². The Morgan fingerprint density at radius 2 is 0.909 bits per heavy atom. The van der Waals surface area contributed by atoms with Crippen LogP contribution in [-0.4, -0.2) is 31.1 Å². The molecule has 0 fully saturated rings. The molecule has 2 heterocycles. The molecule has 4 aromatic rings. The van der Waals surface area contributed by atoms with E-state index in [9.17, 15) is 19.8 Å². The van der Waals surface area contributed by atoms with Crippen molar-refractivity contribution in [2.75, 3.05) is 0 Å². The molecule has 11 nitrogen and oxygen atoms in total. The summed E-state index contributed by atoms with van der Waals surface area (Å²) in [6.45, 7) is 15.3. The SMILES string of the molecule is Cc1nn(-c2ccccc2)c([O-])c1C(=O)CC(C)(C)C.Cc1nn(-c2ccccc2)c([O-])c1C(=O)CC(C)(C)C.[Mo].[O-2].[O-][O-]. The van der Waals surface area contributed by atoms with Crippen LogP contribution in [0.4, 0.5) is 0 Å². The van der Waals surface area contributed by atoms with Crippen molar-refractivity contribution >= 4 is 11.6 Å². The molecule has 0 aliphatic carbocycles. The number of nitrogens with zero attached hydrogens (tertiary/aromatic N) is 4. The van der Waals surface area contributed by atoms with Gasteiger partial charge in [-0.1, -0.05) is 77.9 Å². The first kappa shape index (κ1) is 40.4. The molecular formula is C32H38MoN4O7-6. The van der Waals surface area contributed by atoms with Gasteiger partial charge in [0, 0.05) is 45.7 Å². The number of benzene rings is 2. The number of carbonyl (C=O) groups excluding carboxylic acids is 2. The van der Waals surface area contributed by atoms with Crippen LogP contribution in [-0.2, 0) is 26.5 Å². The Balaban J connectivity index is 0.000000763. The molecule has 0 bridgehead atoms. The molecule has 2 aromatic carbocycles. The first-order valence-corrected chi connectivity index (χ1v) is 13.5. The Bertz CT molecular complexity index is 1370. The number of aryl methyl sites for hydroxylation is 2. The van der Waals surface area contributed by atoms with Gasteiger partial charge in [-0.05, 0) is 48.9 Å². The zero-order valence-corrected chi connectivity index (χ0v) is 28.2. The van der Waals surface area contributed by atoms with Gasteiger partial charge < -0.3 is 26.2 Å². The molecular weight excluding hydrogens is 648 g/mol. The molecule has 0 N–H and O–H groups in total. The maximum atomic E-state index is 12.4. The molecule has 12 heteroatoms. The van der Waals surface area contributed by atoms with Gasteiger partial charge >= 0.3 is 0 Å². The summed E-state index contributed by atoms with van der Waals surface area (Å²) >= 11 is 0. The van der Waals surface area contributed by atoms with Crippen LogP contribution in [0.25, 0.3) is 11.4 Å². The molecule has 0 radical (unpaired) electrons. The molecule has 0 spiro atoms. The van der Waals surface area contributed by atoms with Crippen LogP contribution in [0.15, 0.2) is 60.7 Å². The van der Waals surface area contributed by atoms with Crippen molar-refractivity contribution in [3.05, 3.63) is 83.2 Å². The number of Topliss-reactive ketones (excluding diaryl/α,β-unsaturated/α-hetero) is 2. The van der Waals surface area contributed by atoms with Gasteiger partial charge in [-0.15, -0.1) is 0 Å². The van der Waals surface area contributed by atoms with E-state index in [1.807, 2.05) is 77.9 Å². The minimum Gasteiger partial charge on any atom is -2.00 e. The second-order valence-electron chi connectivity index (χ2n) is 12.3. The van der Waals surface area contributed by atoms with Crippen LogP contribution in [0.3, 0.4) is 0 Å². The summed E-state index contributed by atoms with van der Waals surface area (Å²) < 4.78 is 2.59. The van der Waals surface area contributed by atoms with E-state index in [2.05, 4.69) is 10.2 Å². The van der Waals surface area contributed by atoms with Crippen molar-refractivity contribution in [3.63, 3.8) is 0 Å². The van der Waals surface area contributed by atoms with E-state index in [1.54, 1.807) is 38.1 Å². The third-order valence-electron chi connectivity index (χ3n) is 5.98. The first-order valence-electron chi connectivity index (χ1n) is 13.5. The minimum absolute atomic E-state index is 0. The van der Waals surface area contributed by atoms with Gasteiger partial charge in [-0.25, -0.2) is 9.36 Å². The minimum atomic E-state index is -0.331. The molecule has 0 unspecified atom stereocenters. The third-order valence-corrected chi connectivity index (χ3v) is 5.98. The molecule has 0 aliphatic rings. The van der Waals surface area contributed by atoms with Crippen LogP contribution in [0.2, 0.25) is 0 Å². The number of para-hydroxylation sites is 2. The summed E-state index contributed by atoms with van der Waals surface area (Å²) in [5.74, 6) is -0.935. The standard InChI is InChI=1S/2C16H20N2O2.Mo.O2.O/c2*1-11-14(13(19)10-16(2,3)4)15(20)18(17-11)12-8-6-5-7-9-12;;1-2;/h2*5-9,20H,10H2,1-4H3;;;/q;;;2*-2/p-2. The molecule has 4 rings (SSSR count). The summed E-state index contributed by atoms with van der Waals surface area (Å²) in [4.78, 5) is 24.6. The van der Waals surface area contributed by atoms with Crippen LogP contribution in [0.1, 0.15) is 86.5 Å². The van der Waals surface area contributed by atoms with E-state index in [0.717, 1.165) is 0 Å². The van der Waals surface area contributed by atoms with E-state index >= 15 is 0 Å². The Morgan fingerprint density at radius 3 is 1.16 bits per heavy atom. The van der Waals surface area contributed by atoms with Crippen molar-refractivity contribution in [2.24, 2.45) is 10.8 Å². The van der Waals surface area contributed by atoms with Crippen molar-refractivity contribution < 1.29 is 56.9 Å². The van der Waals surface area contributed by atoms with Gasteiger partial charge in [0.25, 0.3) is 0 Å². The van der Waals surface area contributed by atoms with E-state index in [0.29, 0.717) is 35.6 Å². The predicted molar refractivity (Wildman–Crippen MR) is 153 cm³/mol. The third kappa shape index (κ3) is 10.8. The maximum absolute atomic E-state index is 12.4. The Hall–Kier alpha value is -3.63. The molecule has 44 heavy (non-hydrogen) atoms. The normalized spacial score (nSPS) is 10.7. The molecule has 0 amide bonds. The largest absolute Gasteiger partial charge is 2.00 e. The average molecular weight is 687 g/mol. The second kappa shape index (κ2) is 17.0. The Kier molecular flexibility index (Phi) is 15.6. The van der Waals surface area contributed by atoms with Crippen molar-refractivity contribution in [1.29, 1.82) is 0 Å². The summed E-state index contributed by atoms with van der Waals surface area (Å²) in [5, 5.41) is 47.2. The summed E-state index contributed by atoms with van der Waals surface area (Å²) in [7, 11) is 0. The van der Waals surface area contributed by atoms with E-state index in [-0.39, 0.29) is 71.8 Å². The Labute approximate surface area is 272 Å². The number of rotatable bonds is 6. The topological polar surface area (TPSA) is 191 Å². The number of aromatic nitrogens is 4. The van der Waals surface area contributed by atoms with Gasteiger partial charge in [0.05, 0.1) is 33.9 Å². The monoisotopic (exact) mass is 688 g/mol. The molecule has 2 aromatic heterocycles. The van der Waals surface area contributed by atoms with Gasteiger partial charge in [0.15, 0.2) is 11.6 Å². The van der Waals surface area contributed by atoms with Crippen LogP contribution >= 0.6 is 0 Å². The summed E-state index contributed by atoms with van der Waals surface area (Å²) in [6, 6.07) is 18.3. The molecule has 0 saturated heterocycles.